The molecule has 2 N–H and O–H groups in total. The van der Waals surface area contributed by atoms with Gasteiger partial charge in [-0.2, -0.15) is 0 Å². The van der Waals surface area contributed by atoms with E-state index in [1.807, 2.05) is 73.5 Å². The Morgan fingerprint density at radius 3 is 2.39 bits per heavy atom. The van der Waals surface area contributed by atoms with Crippen LogP contribution < -0.4 is 15.4 Å². The third-order valence-electron chi connectivity index (χ3n) is 6.16. The van der Waals surface area contributed by atoms with Crippen molar-refractivity contribution < 1.29 is 9.53 Å². The molecule has 0 bridgehead atoms. The summed E-state index contributed by atoms with van der Waals surface area (Å²) in [5, 5.41) is 0. The number of carbonyl (C=O) groups is 1. The highest BCUT2D eigenvalue weighted by atomic mass is 16.5. The molecule has 5 rings (SSSR count). The molecule has 0 radical (unpaired) electrons. The quantitative estimate of drug-likeness (QED) is 0.346. The maximum atomic E-state index is 12.1. The predicted octanol–water partition coefficient (Wildman–Crippen LogP) is 6.96. The van der Waals surface area contributed by atoms with Crippen LogP contribution in [0.3, 0.4) is 0 Å². The average molecular weight is 562 g/mol. The van der Waals surface area contributed by atoms with Gasteiger partial charge in [0.2, 0.25) is 17.8 Å². The summed E-state index contributed by atoms with van der Waals surface area (Å²) in [7, 11) is 0. The van der Waals surface area contributed by atoms with Crippen LogP contribution >= 0.6 is 0 Å². The summed E-state index contributed by atoms with van der Waals surface area (Å²) in [6.45, 7) is 21.8. The van der Waals surface area contributed by atoms with Gasteiger partial charge in [0.1, 0.15) is 22.8 Å². The third kappa shape index (κ3) is 7.74. The van der Waals surface area contributed by atoms with E-state index in [0.29, 0.717) is 43.2 Å². The Bertz CT molecular complexity index is 1340. The first-order valence-corrected chi connectivity index (χ1v) is 14.6. The van der Waals surface area contributed by atoms with Gasteiger partial charge >= 0.3 is 0 Å². The number of hydrogen-bond acceptors (Lipinski definition) is 7. The van der Waals surface area contributed by atoms with Crippen LogP contribution in [0.4, 0.5) is 11.8 Å². The number of amides is 1. The maximum Gasteiger partial charge on any atom is 0.247 e. The first kappa shape index (κ1) is 33.1. The normalized spacial score (nSPS) is 15.0. The zero-order valence-corrected chi connectivity index (χ0v) is 26.0. The monoisotopic (exact) mass is 561 g/mol. The Morgan fingerprint density at radius 1 is 1.12 bits per heavy atom. The van der Waals surface area contributed by atoms with Crippen molar-refractivity contribution in [1.29, 1.82) is 0 Å². The topological polar surface area (TPSA) is 101 Å². The number of nitrogens with zero attached hydrogens (tertiary/aromatic N) is 6. The number of nitrogens with two attached hydrogens (primary N) is 1. The fourth-order valence-corrected chi connectivity index (χ4v) is 4.22. The number of benzene rings is 1. The van der Waals surface area contributed by atoms with E-state index in [1.165, 1.54) is 12.5 Å². The lowest BCUT2D eigenvalue weighted by atomic mass is 9.88. The molecule has 41 heavy (non-hydrogen) atoms. The second-order valence-electron chi connectivity index (χ2n) is 9.74. The second kappa shape index (κ2) is 15.6. The van der Waals surface area contributed by atoms with Crippen molar-refractivity contribution in [3.63, 3.8) is 0 Å². The molecule has 2 aliphatic heterocycles. The summed E-state index contributed by atoms with van der Waals surface area (Å²) in [4.78, 5) is 29.4. The number of anilines is 2. The van der Waals surface area contributed by atoms with Gasteiger partial charge in [-0.3, -0.25) is 9.20 Å². The van der Waals surface area contributed by atoms with E-state index in [0.717, 1.165) is 23.2 Å². The Balaban J connectivity index is 0.000000775. The molecule has 9 heteroatoms. The van der Waals surface area contributed by atoms with E-state index in [9.17, 15) is 4.79 Å². The lowest BCUT2D eigenvalue weighted by Gasteiger charge is -2.26. The minimum atomic E-state index is -0.154. The summed E-state index contributed by atoms with van der Waals surface area (Å²) in [5.74, 6) is 2.41. The van der Waals surface area contributed by atoms with Gasteiger partial charge in [0, 0.05) is 42.7 Å². The van der Waals surface area contributed by atoms with Crippen LogP contribution in [0.1, 0.15) is 68.2 Å². The van der Waals surface area contributed by atoms with Crippen molar-refractivity contribution in [1.82, 2.24) is 19.3 Å². The summed E-state index contributed by atoms with van der Waals surface area (Å²) in [5.41, 5.74) is 8.45. The number of imidazole rings is 1. The first-order valence-electron chi connectivity index (χ1n) is 14.6. The number of aliphatic imine (C=N–C) groups is 1. The molecule has 1 aromatic carbocycles. The van der Waals surface area contributed by atoms with Crippen molar-refractivity contribution in [2.24, 2.45) is 10.4 Å². The number of allylic oxidation sites excluding steroid dienone is 1. The standard InChI is InChI=1S/C25H27N7O2.C3H8.2C2H6/c1-4-19(33)30-14-15-31(16-30)24-29-20(21-22(26)27-12-13-32(21)24)17-6-8-18(9-7-17)34-23-25(2,3)10-5-11-28-23;1-3-2;2*1-2/h4-9,11-13H,1,10,14-16H2,2-3H3,(H2,26,27);3H2,1-2H3;2*1-2H3. The number of fused-ring (bicyclic) bond motifs is 1. The molecule has 2 aromatic heterocycles. The highest BCUT2D eigenvalue weighted by Crippen LogP contribution is 2.34. The van der Waals surface area contributed by atoms with E-state index >= 15 is 0 Å². The summed E-state index contributed by atoms with van der Waals surface area (Å²) >= 11 is 0. The molecule has 1 amide bonds. The number of nitrogen functional groups attached to an aromatic ring is 1. The van der Waals surface area contributed by atoms with Crippen LogP contribution in [0, 0.1) is 5.41 Å². The van der Waals surface area contributed by atoms with Gasteiger partial charge in [-0.05, 0) is 36.8 Å². The van der Waals surface area contributed by atoms with Crippen molar-refractivity contribution in [2.75, 3.05) is 30.4 Å². The molecule has 222 valence electrons. The molecule has 1 saturated heterocycles. The lowest BCUT2D eigenvalue weighted by molar-refractivity contribution is -0.124. The number of aromatic nitrogens is 3. The average Bonchev–Trinajstić information content (AvgIpc) is 3.63. The first-order chi connectivity index (χ1) is 19.8. The third-order valence-corrected chi connectivity index (χ3v) is 6.16. The van der Waals surface area contributed by atoms with Crippen molar-refractivity contribution in [3.8, 4) is 17.0 Å². The molecule has 2 aliphatic rings. The SMILES string of the molecule is C=CC(=O)N1CCN(c2nc(-c3ccc(OC4=NC=CCC4(C)C)cc3)c3c(N)nccn23)C1.CC.CC.CCC. The van der Waals surface area contributed by atoms with Gasteiger partial charge in [-0.25, -0.2) is 15.0 Å². The van der Waals surface area contributed by atoms with Crippen LogP contribution in [0.15, 0.2) is 66.6 Å². The predicted molar refractivity (Wildman–Crippen MR) is 171 cm³/mol. The van der Waals surface area contributed by atoms with Crippen molar-refractivity contribution >= 4 is 29.1 Å². The van der Waals surface area contributed by atoms with E-state index in [2.05, 4.69) is 44.3 Å². The molecule has 0 saturated carbocycles. The number of rotatable bonds is 4. The van der Waals surface area contributed by atoms with Crippen LogP contribution in [0.25, 0.3) is 16.8 Å². The molecular formula is C32H47N7O2. The summed E-state index contributed by atoms with van der Waals surface area (Å²) in [6.07, 6.45) is 10.8. The van der Waals surface area contributed by atoms with E-state index in [-0.39, 0.29) is 11.3 Å². The fraction of sp³-hybridized carbons (Fsp3) is 0.438. The summed E-state index contributed by atoms with van der Waals surface area (Å²) < 4.78 is 8.01. The molecule has 0 spiro atoms. The van der Waals surface area contributed by atoms with Gasteiger partial charge in [-0.1, -0.05) is 74.5 Å². The van der Waals surface area contributed by atoms with E-state index in [4.69, 9.17) is 15.5 Å². The number of carbonyl (C=O) groups excluding carboxylic acids is 1. The Kier molecular flexibility index (Phi) is 12.6. The summed E-state index contributed by atoms with van der Waals surface area (Å²) in [6, 6.07) is 7.73. The van der Waals surface area contributed by atoms with Gasteiger partial charge in [0.25, 0.3) is 0 Å². The Morgan fingerprint density at radius 2 is 1.78 bits per heavy atom. The molecular weight excluding hydrogens is 514 g/mol. The van der Waals surface area contributed by atoms with Crippen molar-refractivity contribution in [3.05, 3.63) is 61.6 Å². The largest absolute Gasteiger partial charge is 0.442 e. The minimum absolute atomic E-state index is 0.0957. The van der Waals surface area contributed by atoms with Crippen molar-refractivity contribution in [2.45, 2.75) is 68.2 Å². The molecule has 0 aliphatic carbocycles. The molecule has 3 aromatic rings. The Hall–Kier alpha value is -4.14. The smallest absolute Gasteiger partial charge is 0.247 e. The van der Waals surface area contributed by atoms with Crippen LogP contribution in [0.5, 0.6) is 5.75 Å². The number of ether oxygens (including phenoxy) is 1. The molecule has 1 fully saturated rings. The zero-order chi connectivity index (χ0) is 30.6. The van der Waals surface area contributed by atoms with Crippen LogP contribution in [-0.2, 0) is 4.79 Å². The highest BCUT2D eigenvalue weighted by molar-refractivity contribution is 5.89. The minimum Gasteiger partial charge on any atom is -0.442 e. The molecule has 0 atom stereocenters. The van der Waals surface area contributed by atoms with Gasteiger partial charge in [0.15, 0.2) is 0 Å². The van der Waals surface area contributed by atoms with Gasteiger partial charge < -0.3 is 20.3 Å². The highest BCUT2D eigenvalue weighted by Gasteiger charge is 2.29. The molecule has 0 unspecified atom stereocenters. The fourth-order valence-electron chi connectivity index (χ4n) is 4.22. The van der Waals surface area contributed by atoms with Crippen LogP contribution in [-0.4, -0.2) is 50.8 Å². The number of hydrogen-bond donors (Lipinski definition) is 1. The van der Waals surface area contributed by atoms with E-state index < -0.39 is 0 Å². The maximum absolute atomic E-state index is 12.1. The van der Waals surface area contributed by atoms with Gasteiger partial charge in [0.05, 0.1) is 6.67 Å². The lowest BCUT2D eigenvalue weighted by Crippen LogP contribution is -2.30. The zero-order valence-electron chi connectivity index (χ0n) is 26.0. The molecule has 9 nitrogen and oxygen atoms in total. The second-order valence-corrected chi connectivity index (χ2v) is 9.74. The Labute approximate surface area is 245 Å². The van der Waals surface area contributed by atoms with Crippen LogP contribution in [0.2, 0.25) is 0 Å². The van der Waals surface area contributed by atoms with E-state index in [1.54, 1.807) is 17.3 Å². The molecule has 4 heterocycles. The van der Waals surface area contributed by atoms with Gasteiger partial charge in [-0.15, -0.1) is 0 Å².